The molecule has 1 N–H and O–H groups in total. The Labute approximate surface area is 131 Å². The molecule has 0 unspecified atom stereocenters. The van der Waals surface area contributed by atoms with Gasteiger partial charge in [0, 0.05) is 11.6 Å². The SMILES string of the molecule is Oc1cccc(OC(F)(F)C(F)(F)c2ccc(C(F)(F)F)cc2)c1. The minimum Gasteiger partial charge on any atom is -0.508 e. The Balaban J connectivity index is 2.30. The summed E-state index contributed by atoms with van der Waals surface area (Å²) in [6.07, 6.45) is -9.84. The van der Waals surface area contributed by atoms with Crippen LogP contribution in [0.3, 0.4) is 0 Å². The fourth-order valence-electron chi connectivity index (χ4n) is 1.80. The normalized spacial score (nSPS) is 13.0. The van der Waals surface area contributed by atoms with E-state index in [1.54, 1.807) is 0 Å². The number of alkyl halides is 7. The van der Waals surface area contributed by atoms with Crippen LogP contribution in [0.4, 0.5) is 30.7 Å². The molecule has 0 saturated heterocycles. The maximum absolute atomic E-state index is 13.9. The standard InChI is InChI=1S/C15H9F7O2/c16-13(17,9-4-6-10(7-5-9)14(18,19)20)15(21,22)24-12-3-1-2-11(23)8-12/h1-8,23H. The molecule has 2 rings (SSSR count). The van der Waals surface area contributed by atoms with Crippen molar-refractivity contribution in [1.82, 2.24) is 0 Å². The second-order valence-electron chi connectivity index (χ2n) is 4.77. The Bertz CT molecular complexity index is 709. The molecule has 0 atom stereocenters. The van der Waals surface area contributed by atoms with Gasteiger partial charge in [-0.2, -0.15) is 30.7 Å². The van der Waals surface area contributed by atoms with Crippen molar-refractivity contribution >= 4 is 0 Å². The number of phenols is 1. The van der Waals surface area contributed by atoms with E-state index >= 15 is 0 Å². The van der Waals surface area contributed by atoms with Crippen molar-refractivity contribution in [3.8, 4) is 11.5 Å². The zero-order valence-electron chi connectivity index (χ0n) is 11.6. The molecule has 24 heavy (non-hydrogen) atoms. The van der Waals surface area contributed by atoms with E-state index in [9.17, 15) is 30.7 Å². The van der Waals surface area contributed by atoms with Gasteiger partial charge in [-0.05, 0) is 24.3 Å². The van der Waals surface area contributed by atoms with Gasteiger partial charge >= 0.3 is 18.2 Å². The van der Waals surface area contributed by atoms with Gasteiger partial charge in [0.15, 0.2) is 0 Å². The van der Waals surface area contributed by atoms with Crippen molar-refractivity contribution in [3.05, 3.63) is 59.7 Å². The summed E-state index contributed by atoms with van der Waals surface area (Å²) in [7, 11) is 0. The molecular weight excluding hydrogens is 345 g/mol. The van der Waals surface area contributed by atoms with E-state index in [1.165, 1.54) is 0 Å². The van der Waals surface area contributed by atoms with Crippen LogP contribution in [0, 0.1) is 0 Å². The fourth-order valence-corrected chi connectivity index (χ4v) is 1.80. The monoisotopic (exact) mass is 354 g/mol. The van der Waals surface area contributed by atoms with Crippen molar-refractivity contribution < 1.29 is 40.6 Å². The molecule has 0 heterocycles. The molecule has 0 radical (unpaired) electrons. The van der Waals surface area contributed by atoms with Crippen molar-refractivity contribution in [2.45, 2.75) is 18.2 Å². The summed E-state index contributed by atoms with van der Waals surface area (Å²) in [5.74, 6) is -6.12. The smallest absolute Gasteiger partial charge is 0.469 e. The molecule has 0 saturated carbocycles. The van der Waals surface area contributed by atoms with Crippen LogP contribution in [0.2, 0.25) is 0 Å². The molecule has 9 heteroatoms. The van der Waals surface area contributed by atoms with Crippen LogP contribution in [0.5, 0.6) is 11.5 Å². The highest BCUT2D eigenvalue weighted by Crippen LogP contribution is 2.44. The van der Waals surface area contributed by atoms with Crippen LogP contribution in [0.25, 0.3) is 0 Å². The Morgan fingerprint density at radius 2 is 1.29 bits per heavy atom. The van der Waals surface area contributed by atoms with Gasteiger partial charge in [0.1, 0.15) is 11.5 Å². The van der Waals surface area contributed by atoms with Gasteiger partial charge in [0.25, 0.3) is 0 Å². The molecule has 0 fully saturated rings. The predicted molar refractivity (Wildman–Crippen MR) is 69.0 cm³/mol. The molecule has 0 amide bonds. The van der Waals surface area contributed by atoms with Gasteiger partial charge in [-0.15, -0.1) is 0 Å². The maximum Gasteiger partial charge on any atom is 0.469 e. The van der Waals surface area contributed by atoms with Gasteiger partial charge in [-0.25, -0.2) is 0 Å². The van der Waals surface area contributed by atoms with Crippen LogP contribution in [-0.4, -0.2) is 11.2 Å². The van der Waals surface area contributed by atoms with Crippen molar-refractivity contribution in [1.29, 1.82) is 0 Å². The molecule has 2 aromatic carbocycles. The van der Waals surface area contributed by atoms with E-state index in [1.807, 2.05) is 0 Å². The zero-order valence-corrected chi connectivity index (χ0v) is 11.6. The number of aromatic hydroxyl groups is 1. The van der Waals surface area contributed by atoms with E-state index in [0.717, 1.165) is 18.2 Å². The van der Waals surface area contributed by atoms with E-state index in [-0.39, 0.29) is 24.3 Å². The Hall–Kier alpha value is -2.45. The molecule has 0 aromatic heterocycles. The lowest BCUT2D eigenvalue weighted by atomic mass is 10.0. The average molecular weight is 354 g/mol. The maximum atomic E-state index is 13.9. The Morgan fingerprint density at radius 1 is 0.750 bits per heavy atom. The van der Waals surface area contributed by atoms with Crippen LogP contribution in [0.15, 0.2) is 48.5 Å². The highest BCUT2D eigenvalue weighted by molar-refractivity contribution is 5.33. The number of halogens is 7. The summed E-state index contributed by atoms with van der Waals surface area (Å²) in [5.41, 5.74) is -2.60. The second kappa shape index (κ2) is 5.88. The summed E-state index contributed by atoms with van der Waals surface area (Å²) in [4.78, 5) is 0. The Kier molecular flexibility index (Phi) is 4.38. The number of rotatable bonds is 4. The summed E-state index contributed by atoms with van der Waals surface area (Å²) >= 11 is 0. The molecule has 130 valence electrons. The fraction of sp³-hybridized carbons (Fsp3) is 0.200. The molecule has 0 bridgehead atoms. The number of phenolic OH excluding ortho intramolecular Hbond substituents is 1. The minimum atomic E-state index is -5.06. The lowest BCUT2D eigenvalue weighted by molar-refractivity contribution is -0.316. The van der Waals surface area contributed by atoms with Crippen LogP contribution in [-0.2, 0) is 12.1 Å². The van der Waals surface area contributed by atoms with E-state index in [0.29, 0.717) is 6.07 Å². The average Bonchev–Trinajstić information content (AvgIpc) is 2.46. The quantitative estimate of drug-likeness (QED) is 0.767. The van der Waals surface area contributed by atoms with Gasteiger partial charge < -0.3 is 9.84 Å². The second-order valence-corrected chi connectivity index (χ2v) is 4.77. The van der Waals surface area contributed by atoms with E-state index < -0.39 is 40.8 Å². The molecule has 2 nitrogen and oxygen atoms in total. The first kappa shape index (κ1) is 17.9. The lowest BCUT2D eigenvalue weighted by Gasteiger charge is -2.27. The van der Waals surface area contributed by atoms with Gasteiger partial charge in [-0.3, -0.25) is 0 Å². The molecule has 0 aliphatic carbocycles. The van der Waals surface area contributed by atoms with Gasteiger partial charge in [0.05, 0.1) is 5.56 Å². The van der Waals surface area contributed by atoms with Crippen molar-refractivity contribution in [2.24, 2.45) is 0 Å². The van der Waals surface area contributed by atoms with Gasteiger partial charge in [-0.1, -0.05) is 18.2 Å². The van der Waals surface area contributed by atoms with E-state index in [4.69, 9.17) is 5.11 Å². The highest BCUT2D eigenvalue weighted by atomic mass is 19.4. The summed E-state index contributed by atoms with van der Waals surface area (Å²) in [5, 5.41) is 9.12. The highest BCUT2D eigenvalue weighted by Gasteiger charge is 2.60. The molecule has 0 aliphatic heterocycles. The summed E-state index contributed by atoms with van der Waals surface area (Å²) < 4.78 is 96.5. The van der Waals surface area contributed by atoms with Crippen LogP contribution >= 0.6 is 0 Å². The molecular formula is C15H9F7O2. The number of hydrogen-bond donors (Lipinski definition) is 1. The van der Waals surface area contributed by atoms with Crippen molar-refractivity contribution in [3.63, 3.8) is 0 Å². The van der Waals surface area contributed by atoms with E-state index in [2.05, 4.69) is 4.74 Å². The van der Waals surface area contributed by atoms with Crippen molar-refractivity contribution in [2.75, 3.05) is 0 Å². The third-order valence-electron chi connectivity index (χ3n) is 3.00. The molecule has 0 spiro atoms. The summed E-state index contributed by atoms with van der Waals surface area (Å²) in [6, 6.07) is 4.86. The minimum absolute atomic E-state index is 0.253. The first-order chi connectivity index (χ1) is 10.9. The predicted octanol–water partition coefficient (Wildman–Crippen LogP) is 5.17. The third-order valence-corrected chi connectivity index (χ3v) is 3.00. The first-order valence-corrected chi connectivity index (χ1v) is 6.35. The Morgan fingerprint density at radius 3 is 1.79 bits per heavy atom. The third kappa shape index (κ3) is 3.55. The topological polar surface area (TPSA) is 29.5 Å². The molecule has 2 aromatic rings. The first-order valence-electron chi connectivity index (χ1n) is 6.35. The number of hydrogen-bond acceptors (Lipinski definition) is 2. The molecule has 0 aliphatic rings. The van der Waals surface area contributed by atoms with Crippen LogP contribution < -0.4 is 4.74 Å². The zero-order chi connectivity index (χ0) is 18.2. The largest absolute Gasteiger partial charge is 0.508 e. The number of ether oxygens (including phenoxy) is 1. The van der Waals surface area contributed by atoms with Crippen LogP contribution in [0.1, 0.15) is 11.1 Å². The summed E-state index contributed by atoms with van der Waals surface area (Å²) in [6.45, 7) is 0. The lowest BCUT2D eigenvalue weighted by Crippen LogP contribution is -2.43. The number of benzene rings is 2. The van der Waals surface area contributed by atoms with Gasteiger partial charge in [0.2, 0.25) is 0 Å².